The summed E-state index contributed by atoms with van der Waals surface area (Å²) in [5.41, 5.74) is 2.89. The standard InChI is InChI=1S/C21H14ClNO5S/c22-14-7-5-12(6-8-14)18-19(17(24)15-3-1-2-4-16(15)28-18)27-11-13-9-10-29-20(13)21(25)23-26/h1-10,26H,11H2,(H,23,25). The quantitative estimate of drug-likeness (QED) is 0.350. The first-order chi connectivity index (χ1) is 14.1. The van der Waals surface area contributed by atoms with Gasteiger partial charge in [0.2, 0.25) is 11.2 Å². The maximum atomic E-state index is 13.1. The lowest BCUT2D eigenvalue weighted by Crippen LogP contribution is -2.19. The third-order valence-corrected chi connectivity index (χ3v) is 5.50. The Morgan fingerprint density at radius 1 is 1.14 bits per heavy atom. The van der Waals surface area contributed by atoms with Crippen molar-refractivity contribution in [3.05, 3.63) is 85.7 Å². The number of carbonyl (C=O) groups excluding carboxylic acids is 1. The van der Waals surface area contributed by atoms with Crippen LogP contribution in [0.2, 0.25) is 5.02 Å². The second-order valence-corrected chi connectivity index (χ2v) is 7.45. The van der Waals surface area contributed by atoms with Gasteiger partial charge in [-0.05, 0) is 47.8 Å². The molecule has 0 atom stereocenters. The van der Waals surface area contributed by atoms with Crippen LogP contribution in [0.4, 0.5) is 0 Å². The van der Waals surface area contributed by atoms with Gasteiger partial charge in [-0.15, -0.1) is 11.3 Å². The molecule has 29 heavy (non-hydrogen) atoms. The van der Waals surface area contributed by atoms with Gasteiger partial charge in [0, 0.05) is 16.1 Å². The first kappa shape index (κ1) is 19.2. The van der Waals surface area contributed by atoms with E-state index in [0.717, 1.165) is 11.3 Å². The molecule has 0 unspecified atom stereocenters. The fourth-order valence-electron chi connectivity index (χ4n) is 2.90. The van der Waals surface area contributed by atoms with Gasteiger partial charge in [0.15, 0.2) is 5.76 Å². The molecule has 0 saturated heterocycles. The van der Waals surface area contributed by atoms with Crippen molar-refractivity contribution in [3.63, 3.8) is 0 Å². The zero-order chi connectivity index (χ0) is 20.4. The van der Waals surface area contributed by atoms with E-state index in [-0.39, 0.29) is 23.5 Å². The van der Waals surface area contributed by atoms with Gasteiger partial charge in [0.05, 0.1) is 5.39 Å². The molecular weight excluding hydrogens is 414 g/mol. The molecule has 4 aromatic rings. The van der Waals surface area contributed by atoms with Gasteiger partial charge in [-0.3, -0.25) is 14.8 Å². The summed E-state index contributed by atoms with van der Waals surface area (Å²) in [6, 6.07) is 15.4. The summed E-state index contributed by atoms with van der Waals surface area (Å²) in [4.78, 5) is 25.2. The summed E-state index contributed by atoms with van der Waals surface area (Å²) in [5, 5.41) is 11.5. The minimum Gasteiger partial charge on any atom is -0.481 e. The predicted octanol–water partition coefficient (Wildman–Crippen LogP) is 4.87. The van der Waals surface area contributed by atoms with E-state index in [1.807, 2.05) is 0 Å². The molecule has 4 rings (SSSR count). The number of amides is 1. The van der Waals surface area contributed by atoms with Gasteiger partial charge in [-0.2, -0.15) is 0 Å². The van der Waals surface area contributed by atoms with Crippen molar-refractivity contribution in [3.8, 4) is 17.1 Å². The second kappa shape index (κ2) is 8.08. The zero-order valence-electron chi connectivity index (χ0n) is 14.8. The predicted molar refractivity (Wildman–Crippen MR) is 111 cm³/mol. The molecule has 0 spiro atoms. The minimum atomic E-state index is -0.637. The molecule has 6 nitrogen and oxygen atoms in total. The van der Waals surface area contributed by atoms with Crippen LogP contribution in [-0.2, 0) is 6.61 Å². The molecule has 8 heteroatoms. The van der Waals surface area contributed by atoms with Crippen LogP contribution >= 0.6 is 22.9 Å². The van der Waals surface area contributed by atoms with Crippen molar-refractivity contribution < 1.29 is 19.2 Å². The number of hydrogen-bond acceptors (Lipinski definition) is 6. The molecule has 0 saturated carbocycles. The Morgan fingerprint density at radius 2 is 1.90 bits per heavy atom. The summed E-state index contributed by atoms with van der Waals surface area (Å²) in [6.45, 7) is -0.0457. The molecule has 1 amide bonds. The Morgan fingerprint density at radius 3 is 2.66 bits per heavy atom. The van der Waals surface area contributed by atoms with Crippen molar-refractivity contribution in [2.24, 2.45) is 0 Å². The molecule has 0 bridgehead atoms. The number of para-hydroxylation sites is 1. The average Bonchev–Trinajstić information content (AvgIpc) is 3.21. The molecule has 2 aromatic heterocycles. The average molecular weight is 428 g/mol. The highest BCUT2D eigenvalue weighted by Crippen LogP contribution is 2.32. The number of benzene rings is 2. The highest BCUT2D eigenvalue weighted by Gasteiger charge is 2.19. The van der Waals surface area contributed by atoms with Gasteiger partial charge in [-0.1, -0.05) is 23.7 Å². The van der Waals surface area contributed by atoms with Gasteiger partial charge < -0.3 is 9.15 Å². The number of carbonyl (C=O) groups is 1. The molecule has 2 N–H and O–H groups in total. The van der Waals surface area contributed by atoms with Crippen molar-refractivity contribution in [1.29, 1.82) is 0 Å². The summed E-state index contributed by atoms with van der Waals surface area (Å²) < 4.78 is 11.8. The van der Waals surface area contributed by atoms with Crippen molar-refractivity contribution in [2.45, 2.75) is 6.61 Å². The normalized spacial score (nSPS) is 10.8. The SMILES string of the molecule is O=C(NO)c1sccc1COc1c(-c2ccc(Cl)cc2)oc2ccccc2c1=O. The van der Waals surface area contributed by atoms with Crippen molar-refractivity contribution in [2.75, 3.05) is 0 Å². The van der Waals surface area contributed by atoms with E-state index in [9.17, 15) is 9.59 Å². The van der Waals surface area contributed by atoms with Crippen molar-refractivity contribution >= 4 is 39.8 Å². The first-order valence-corrected chi connectivity index (χ1v) is 9.79. The van der Waals surface area contributed by atoms with E-state index in [1.54, 1.807) is 65.5 Å². The first-order valence-electron chi connectivity index (χ1n) is 8.54. The van der Waals surface area contributed by atoms with Crippen LogP contribution in [0.1, 0.15) is 15.2 Å². The van der Waals surface area contributed by atoms with Gasteiger partial charge >= 0.3 is 0 Å². The Kier molecular flexibility index (Phi) is 5.35. The molecular formula is C21H14ClNO5S. The van der Waals surface area contributed by atoms with Crippen LogP contribution in [0.5, 0.6) is 5.75 Å². The molecule has 146 valence electrons. The number of hydroxylamine groups is 1. The van der Waals surface area contributed by atoms with Gasteiger partial charge in [0.25, 0.3) is 5.91 Å². The lowest BCUT2D eigenvalue weighted by atomic mass is 10.1. The van der Waals surface area contributed by atoms with Gasteiger partial charge in [-0.25, -0.2) is 5.48 Å². The number of rotatable bonds is 5. The van der Waals surface area contributed by atoms with E-state index in [0.29, 0.717) is 32.0 Å². The monoisotopic (exact) mass is 427 g/mol. The Balaban J connectivity index is 1.80. The van der Waals surface area contributed by atoms with E-state index in [1.165, 1.54) is 0 Å². The maximum absolute atomic E-state index is 13.1. The largest absolute Gasteiger partial charge is 0.481 e. The minimum absolute atomic E-state index is 0.0348. The number of nitrogens with one attached hydrogen (secondary N) is 1. The molecule has 0 aliphatic carbocycles. The molecule has 2 aromatic carbocycles. The van der Waals surface area contributed by atoms with E-state index < -0.39 is 5.91 Å². The molecule has 0 aliphatic rings. The number of thiophene rings is 1. The van der Waals surface area contributed by atoms with E-state index >= 15 is 0 Å². The summed E-state index contributed by atoms with van der Waals surface area (Å²) in [7, 11) is 0. The zero-order valence-corrected chi connectivity index (χ0v) is 16.4. The summed E-state index contributed by atoms with van der Waals surface area (Å²) in [6.07, 6.45) is 0. The van der Waals surface area contributed by atoms with E-state index in [4.69, 9.17) is 26.0 Å². The Bertz CT molecular complexity index is 1250. The Hall–Kier alpha value is -3.13. The summed E-state index contributed by atoms with van der Waals surface area (Å²) in [5.74, 6) is -0.330. The van der Waals surface area contributed by atoms with Crippen LogP contribution in [-0.4, -0.2) is 11.1 Å². The van der Waals surface area contributed by atoms with Gasteiger partial charge in [0.1, 0.15) is 17.1 Å². The topological polar surface area (TPSA) is 88.8 Å². The second-order valence-electron chi connectivity index (χ2n) is 6.10. The number of halogens is 1. The third kappa shape index (κ3) is 3.75. The highest BCUT2D eigenvalue weighted by atomic mass is 35.5. The van der Waals surface area contributed by atoms with E-state index in [2.05, 4.69) is 0 Å². The maximum Gasteiger partial charge on any atom is 0.285 e. The molecule has 0 fully saturated rings. The number of fused-ring (bicyclic) bond motifs is 1. The number of ether oxygens (including phenoxy) is 1. The van der Waals surface area contributed by atoms with Crippen LogP contribution in [0.3, 0.4) is 0 Å². The highest BCUT2D eigenvalue weighted by molar-refractivity contribution is 7.12. The van der Waals surface area contributed by atoms with Crippen LogP contribution in [0.15, 0.2) is 69.2 Å². The third-order valence-electron chi connectivity index (χ3n) is 4.29. The molecule has 0 aliphatic heterocycles. The van der Waals surface area contributed by atoms with Crippen molar-refractivity contribution in [1.82, 2.24) is 5.48 Å². The Labute approximate surface area is 173 Å². The van der Waals surface area contributed by atoms with Crippen LogP contribution in [0.25, 0.3) is 22.3 Å². The van der Waals surface area contributed by atoms with Crippen LogP contribution in [0, 0.1) is 0 Å². The smallest absolute Gasteiger partial charge is 0.285 e. The fraction of sp³-hybridized carbons (Fsp3) is 0.0476. The fourth-order valence-corrected chi connectivity index (χ4v) is 3.82. The molecule has 0 radical (unpaired) electrons. The van der Waals surface area contributed by atoms with Crippen LogP contribution < -0.4 is 15.6 Å². The lowest BCUT2D eigenvalue weighted by Gasteiger charge is -2.12. The molecule has 2 heterocycles. The lowest BCUT2D eigenvalue weighted by molar-refractivity contribution is 0.0708. The number of hydrogen-bond donors (Lipinski definition) is 2. The summed E-state index contributed by atoms with van der Waals surface area (Å²) >= 11 is 7.13.